The maximum absolute atomic E-state index is 13.7. The standard InChI is InChI=1S/C31H40N6O6/c1-18(2)14-22(32)28(39)36-25(15-19-8-4-3-5-9-19)29(40)37-26(16-20-17-34-23-11-7-6-10-21(20)23)30(41)35-24(31(42)43)12-13-27(33)38/h3-11,17-18,22,24-26,34H,12-16,32H2,1-2H3,(H2,33,38)(H,35,41)(H,36,39)(H,37,40)(H,42,43). The normalized spacial score (nSPS) is 14.0. The molecule has 1 heterocycles. The Morgan fingerprint density at radius 1 is 0.814 bits per heavy atom. The number of rotatable bonds is 16. The SMILES string of the molecule is CC(C)CC(N)C(=O)NC(Cc1ccccc1)C(=O)NC(Cc1c[nH]c2ccccc12)C(=O)NC(CCC(N)=O)C(=O)O. The third-order valence-electron chi connectivity index (χ3n) is 7.00. The van der Waals surface area contributed by atoms with Crippen molar-refractivity contribution in [1.29, 1.82) is 0 Å². The van der Waals surface area contributed by atoms with Crippen molar-refractivity contribution in [3.63, 3.8) is 0 Å². The molecule has 4 amide bonds. The number of primary amides is 1. The number of aromatic nitrogens is 1. The smallest absolute Gasteiger partial charge is 0.326 e. The maximum atomic E-state index is 13.7. The molecule has 0 aliphatic heterocycles. The Morgan fingerprint density at radius 2 is 1.40 bits per heavy atom. The Labute approximate surface area is 250 Å². The fourth-order valence-corrected chi connectivity index (χ4v) is 4.77. The predicted molar refractivity (Wildman–Crippen MR) is 161 cm³/mol. The van der Waals surface area contributed by atoms with Crippen LogP contribution in [0.25, 0.3) is 10.9 Å². The molecule has 12 nitrogen and oxygen atoms in total. The Balaban J connectivity index is 1.89. The molecule has 0 saturated heterocycles. The van der Waals surface area contributed by atoms with Crippen molar-refractivity contribution in [3.8, 4) is 0 Å². The molecule has 3 aromatic rings. The van der Waals surface area contributed by atoms with Crippen molar-refractivity contribution in [2.45, 2.75) is 70.1 Å². The topological polar surface area (TPSA) is 209 Å². The molecule has 0 bridgehead atoms. The van der Waals surface area contributed by atoms with Crippen molar-refractivity contribution in [3.05, 3.63) is 71.9 Å². The number of amides is 4. The summed E-state index contributed by atoms with van der Waals surface area (Å²) >= 11 is 0. The van der Waals surface area contributed by atoms with E-state index in [0.717, 1.165) is 16.5 Å². The lowest BCUT2D eigenvalue weighted by molar-refractivity contribution is -0.142. The summed E-state index contributed by atoms with van der Waals surface area (Å²) in [6, 6.07) is 11.9. The maximum Gasteiger partial charge on any atom is 0.326 e. The first-order chi connectivity index (χ1) is 20.4. The van der Waals surface area contributed by atoms with E-state index in [0.29, 0.717) is 12.0 Å². The Morgan fingerprint density at radius 3 is 2.02 bits per heavy atom. The molecule has 1 aromatic heterocycles. The van der Waals surface area contributed by atoms with Gasteiger partial charge in [0.15, 0.2) is 0 Å². The minimum Gasteiger partial charge on any atom is -0.480 e. The first kappa shape index (κ1) is 32.8. The van der Waals surface area contributed by atoms with Crippen LogP contribution >= 0.6 is 0 Å². The van der Waals surface area contributed by atoms with Crippen LogP contribution in [0, 0.1) is 5.92 Å². The predicted octanol–water partition coefficient (Wildman–Crippen LogP) is 1.13. The first-order valence-electron chi connectivity index (χ1n) is 14.2. The summed E-state index contributed by atoms with van der Waals surface area (Å²) in [7, 11) is 0. The van der Waals surface area contributed by atoms with E-state index in [2.05, 4.69) is 20.9 Å². The van der Waals surface area contributed by atoms with E-state index >= 15 is 0 Å². The number of aliphatic carboxylic acids is 1. The molecule has 4 unspecified atom stereocenters. The van der Waals surface area contributed by atoms with Crippen LogP contribution in [-0.4, -0.2) is 63.9 Å². The summed E-state index contributed by atoms with van der Waals surface area (Å²) in [5.41, 5.74) is 13.6. The van der Waals surface area contributed by atoms with Gasteiger partial charge in [0, 0.05) is 36.4 Å². The van der Waals surface area contributed by atoms with E-state index < -0.39 is 53.8 Å². The molecule has 4 atom stereocenters. The van der Waals surface area contributed by atoms with Gasteiger partial charge in [-0.3, -0.25) is 19.2 Å². The molecule has 230 valence electrons. The third-order valence-corrected chi connectivity index (χ3v) is 7.00. The van der Waals surface area contributed by atoms with Gasteiger partial charge >= 0.3 is 5.97 Å². The zero-order valence-electron chi connectivity index (χ0n) is 24.3. The van der Waals surface area contributed by atoms with Crippen molar-refractivity contribution in [2.75, 3.05) is 0 Å². The lowest BCUT2D eigenvalue weighted by Crippen LogP contribution is -2.58. The van der Waals surface area contributed by atoms with Crippen molar-refractivity contribution in [2.24, 2.45) is 17.4 Å². The van der Waals surface area contributed by atoms with E-state index in [4.69, 9.17) is 11.5 Å². The summed E-state index contributed by atoms with van der Waals surface area (Å²) < 4.78 is 0. The molecule has 0 aliphatic rings. The number of carbonyl (C=O) groups excluding carboxylic acids is 4. The summed E-state index contributed by atoms with van der Waals surface area (Å²) in [6.07, 6.45) is 1.81. The highest BCUT2D eigenvalue weighted by atomic mass is 16.4. The van der Waals surface area contributed by atoms with E-state index in [9.17, 15) is 29.1 Å². The van der Waals surface area contributed by atoms with Gasteiger partial charge in [0.25, 0.3) is 0 Å². The number of nitrogens with two attached hydrogens (primary N) is 2. The van der Waals surface area contributed by atoms with Crippen LogP contribution in [0.4, 0.5) is 0 Å². The van der Waals surface area contributed by atoms with Crippen molar-refractivity contribution < 1.29 is 29.1 Å². The molecule has 0 aliphatic carbocycles. The summed E-state index contributed by atoms with van der Waals surface area (Å²) in [5, 5.41) is 18.4. The number of carboxylic acids is 1. The average molecular weight is 593 g/mol. The van der Waals surface area contributed by atoms with Crippen molar-refractivity contribution >= 4 is 40.5 Å². The average Bonchev–Trinajstić information content (AvgIpc) is 3.36. The number of carboxylic acid groups (broad SMARTS) is 1. The summed E-state index contributed by atoms with van der Waals surface area (Å²) in [4.78, 5) is 66.4. The largest absolute Gasteiger partial charge is 0.480 e. The highest BCUT2D eigenvalue weighted by molar-refractivity contribution is 5.95. The van der Waals surface area contributed by atoms with Gasteiger partial charge in [-0.25, -0.2) is 4.79 Å². The molecule has 43 heavy (non-hydrogen) atoms. The second-order valence-electron chi connectivity index (χ2n) is 11.0. The molecule has 2 aromatic carbocycles. The lowest BCUT2D eigenvalue weighted by Gasteiger charge is -2.25. The van der Waals surface area contributed by atoms with Crippen LogP contribution in [0.15, 0.2) is 60.8 Å². The van der Waals surface area contributed by atoms with Crippen molar-refractivity contribution in [1.82, 2.24) is 20.9 Å². The Hall–Kier alpha value is -4.71. The highest BCUT2D eigenvalue weighted by Crippen LogP contribution is 2.19. The molecule has 0 saturated carbocycles. The monoisotopic (exact) mass is 592 g/mol. The second-order valence-corrected chi connectivity index (χ2v) is 11.0. The van der Waals surface area contributed by atoms with E-state index in [-0.39, 0.29) is 31.6 Å². The number of nitrogens with one attached hydrogen (secondary N) is 4. The van der Waals surface area contributed by atoms with Gasteiger partial charge in [-0.1, -0.05) is 62.4 Å². The fourth-order valence-electron chi connectivity index (χ4n) is 4.77. The van der Waals surface area contributed by atoms with Crippen LogP contribution in [-0.2, 0) is 36.8 Å². The van der Waals surface area contributed by atoms with Crippen LogP contribution in [0.3, 0.4) is 0 Å². The number of para-hydroxylation sites is 1. The first-order valence-corrected chi connectivity index (χ1v) is 14.2. The van der Waals surface area contributed by atoms with Gasteiger partial charge in [0.2, 0.25) is 23.6 Å². The summed E-state index contributed by atoms with van der Waals surface area (Å²) in [5.74, 6) is -3.81. The molecule has 0 fully saturated rings. The van der Waals surface area contributed by atoms with Gasteiger partial charge in [-0.05, 0) is 36.0 Å². The molecule has 0 spiro atoms. The zero-order chi connectivity index (χ0) is 31.5. The number of carbonyl (C=O) groups is 5. The molecular weight excluding hydrogens is 552 g/mol. The van der Waals surface area contributed by atoms with Gasteiger partial charge < -0.3 is 37.5 Å². The van der Waals surface area contributed by atoms with Gasteiger partial charge in [0.05, 0.1) is 6.04 Å². The Kier molecular flexibility index (Phi) is 11.8. The second kappa shape index (κ2) is 15.5. The number of aromatic amines is 1. The highest BCUT2D eigenvalue weighted by Gasteiger charge is 2.31. The van der Waals surface area contributed by atoms with Crippen LogP contribution < -0.4 is 27.4 Å². The minimum absolute atomic E-state index is 0.0165. The Bertz CT molecular complexity index is 1420. The summed E-state index contributed by atoms with van der Waals surface area (Å²) in [6.45, 7) is 3.87. The number of hydrogen-bond donors (Lipinski definition) is 7. The van der Waals surface area contributed by atoms with Gasteiger partial charge in [-0.2, -0.15) is 0 Å². The van der Waals surface area contributed by atoms with Crippen LogP contribution in [0.5, 0.6) is 0 Å². The van der Waals surface area contributed by atoms with E-state index in [1.807, 2.05) is 68.4 Å². The van der Waals surface area contributed by atoms with E-state index in [1.165, 1.54) is 0 Å². The molecule has 12 heteroatoms. The molecular formula is C31H40N6O6. The molecule has 3 rings (SSSR count). The van der Waals surface area contributed by atoms with Gasteiger partial charge in [0.1, 0.15) is 18.1 Å². The van der Waals surface area contributed by atoms with E-state index in [1.54, 1.807) is 6.20 Å². The van der Waals surface area contributed by atoms with Gasteiger partial charge in [-0.15, -0.1) is 0 Å². The minimum atomic E-state index is -1.41. The van der Waals surface area contributed by atoms with Crippen LogP contribution in [0.1, 0.15) is 44.2 Å². The van der Waals surface area contributed by atoms with Crippen LogP contribution in [0.2, 0.25) is 0 Å². The quantitative estimate of drug-likeness (QED) is 0.129. The molecule has 9 N–H and O–H groups in total. The lowest BCUT2D eigenvalue weighted by atomic mass is 10.00. The number of benzene rings is 2. The number of fused-ring (bicyclic) bond motifs is 1. The zero-order valence-corrected chi connectivity index (χ0v) is 24.3. The number of H-pyrrole nitrogens is 1. The number of hydrogen-bond acceptors (Lipinski definition) is 6. The fraction of sp³-hybridized carbons (Fsp3) is 0.387. The molecule has 0 radical (unpaired) electrons. The third kappa shape index (κ3) is 9.96.